The van der Waals surface area contributed by atoms with Crippen molar-refractivity contribution in [3.63, 3.8) is 0 Å². The lowest BCUT2D eigenvalue weighted by atomic mass is 9.86. The lowest BCUT2D eigenvalue weighted by Gasteiger charge is -2.19. The summed E-state index contributed by atoms with van der Waals surface area (Å²) in [7, 11) is 0. The Bertz CT molecular complexity index is 711. The zero-order valence-electron chi connectivity index (χ0n) is 15.2. The van der Waals surface area contributed by atoms with Crippen molar-refractivity contribution in [2.45, 2.75) is 51.0 Å². The van der Waals surface area contributed by atoms with Crippen molar-refractivity contribution in [2.75, 3.05) is 0 Å². The number of aromatic nitrogens is 1. The molecule has 5 heteroatoms. The molecule has 4 nitrogen and oxygen atoms in total. The van der Waals surface area contributed by atoms with Gasteiger partial charge < -0.3 is 9.84 Å². The number of benzene rings is 1. The normalized spacial score (nSPS) is 11.6. The van der Waals surface area contributed by atoms with E-state index in [1.807, 2.05) is 42.5 Å². The van der Waals surface area contributed by atoms with E-state index in [1.54, 1.807) is 25.6 Å². The molecule has 0 aliphatic heterocycles. The van der Waals surface area contributed by atoms with Crippen LogP contribution in [0.1, 0.15) is 39.0 Å². The average molecular weight is 359 g/mol. The van der Waals surface area contributed by atoms with Crippen molar-refractivity contribution in [3.8, 4) is 5.75 Å². The van der Waals surface area contributed by atoms with E-state index >= 15 is 0 Å². The van der Waals surface area contributed by atoms with Crippen LogP contribution in [0, 0.1) is 5.41 Å². The summed E-state index contributed by atoms with van der Waals surface area (Å²) in [6.45, 7) is 8.15. The lowest BCUT2D eigenvalue weighted by Crippen LogP contribution is -2.26. The van der Waals surface area contributed by atoms with Crippen LogP contribution in [0.15, 0.2) is 47.5 Å². The monoisotopic (exact) mass is 359 g/mol. The third kappa shape index (κ3) is 6.09. The fourth-order valence-corrected chi connectivity index (χ4v) is 3.10. The van der Waals surface area contributed by atoms with Gasteiger partial charge in [-0.15, -0.1) is 11.8 Å². The van der Waals surface area contributed by atoms with Crippen LogP contribution in [0.2, 0.25) is 0 Å². The molecule has 0 amide bonds. The zero-order chi connectivity index (χ0) is 18.4. The number of carboxylic acid groups (broad SMARTS) is 1. The van der Waals surface area contributed by atoms with Gasteiger partial charge in [-0.2, -0.15) is 0 Å². The first-order valence-electron chi connectivity index (χ1n) is 8.34. The van der Waals surface area contributed by atoms with E-state index in [9.17, 15) is 9.90 Å². The molecule has 1 N–H and O–H groups in total. The highest BCUT2D eigenvalue weighted by atomic mass is 32.2. The highest BCUT2D eigenvalue weighted by Gasteiger charge is 2.27. The number of nitrogens with zero attached hydrogens (tertiary/aromatic N) is 1. The SMILES string of the molecule is CC(C)Sc1cccc(COc2ccc(CC(C)(C)C(=O)O)cc2)n1. The van der Waals surface area contributed by atoms with Gasteiger partial charge in [-0.3, -0.25) is 4.79 Å². The summed E-state index contributed by atoms with van der Waals surface area (Å²) in [6.07, 6.45) is 0.485. The largest absolute Gasteiger partial charge is 0.487 e. The minimum atomic E-state index is -0.793. The fourth-order valence-electron chi connectivity index (χ4n) is 2.29. The number of rotatable bonds is 8. The topological polar surface area (TPSA) is 59.4 Å². The molecule has 0 spiro atoms. The summed E-state index contributed by atoms with van der Waals surface area (Å²) in [6, 6.07) is 13.5. The number of hydrogen-bond donors (Lipinski definition) is 1. The average Bonchev–Trinajstić information content (AvgIpc) is 2.53. The minimum absolute atomic E-state index is 0.409. The molecule has 25 heavy (non-hydrogen) atoms. The van der Waals surface area contributed by atoms with Gasteiger partial charge in [0.1, 0.15) is 12.4 Å². The van der Waals surface area contributed by atoms with Crippen molar-refractivity contribution in [1.82, 2.24) is 4.98 Å². The van der Waals surface area contributed by atoms with Gasteiger partial charge in [0.05, 0.1) is 16.1 Å². The van der Waals surface area contributed by atoms with E-state index in [2.05, 4.69) is 18.8 Å². The van der Waals surface area contributed by atoms with Crippen LogP contribution in [-0.2, 0) is 17.8 Å². The maximum absolute atomic E-state index is 11.2. The maximum atomic E-state index is 11.2. The standard InChI is InChI=1S/C20H25NO3S/c1-14(2)25-18-7-5-6-16(21-18)13-24-17-10-8-15(9-11-17)12-20(3,4)19(22)23/h5-11,14H,12-13H2,1-4H3,(H,22,23). The van der Waals surface area contributed by atoms with Crippen LogP contribution >= 0.6 is 11.8 Å². The predicted octanol–water partition coefficient (Wildman–Crippen LogP) is 4.81. The number of hydrogen-bond acceptors (Lipinski definition) is 4. The van der Waals surface area contributed by atoms with Crippen LogP contribution in [-0.4, -0.2) is 21.3 Å². The zero-order valence-corrected chi connectivity index (χ0v) is 16.0. The Balaban J connectivity index is 1.95. The van der Waals surface area contributed by atoms with Crippen molar-refractivity contribution in [2.24, 2.45) is 5.41 Å². The van der Waals surface area contributed by atoms with Crippen LogP contribution in [0.4, 0.5) is 0 Å². The number of pyridine rings is 1. The van der Waals surface area contributed by atoms with Gasteiger partial charge >= 0.3 is 5.97 Å². The molecule has 0 saturated carbocycles. The Morgan fingerprint density at radius 2 is 1.88 bits per heavy atom. The van der Waals surface area contributed by atoms with Crippen LogP contribution < -0.4 is 4.74 Å². The first kappa shape index (κ1) is 19.3. The van der Waals surface area contributed by atoms with Gasteiger partial charge in [0.2, 0.25) is 0 Å². The molecule has 2 aromatic rings. The van der Waals surface area contributed by atoms with Gasteiger partial charge in [-0.05, 0) is 50.1 Å². The third-order valence-corrected chi connectivity index (χ3v) is 4.61. The summed E-state index contributed by atoms with van der Waals surface area (Å²) in [4.78, 5) is 15.8. The summed E-state index contributed by atoms with van der Waals surface area (Å²) in [5.74, 6) is -0.0429. The van der Waals surface area contributed by atoms with E-state index in [1.165, 1.54) is 0 Å². The van der Waals surface area contributed by atoms with Gasteiger partial charge in [0, 0.05) is 5.25 Å². The smallest absolute Gasteiger partial charge is 0.309 e. The molecule has 1 aromatic carbocycles. The summed E-state index contributed by atoms with van der Waals surface area (Å²) in [5.41, 5.74) is 1.09. The molecule has 0 saturated heterocycles. The molecule has 0 atom stereocenters. The molecule has 0 radical (unpaired) electrons. The maximum Gasteiger partial charge on any atom is 0.309 e. The number of ether oxygens (including phenoxy) is 1. The number of thioether (sulfide) groups is 1. The molecule has 0 fully saturated rings. The second-order valence-electron chi connectivity index (χ2n) is 6.93. The highest BCUT2D eigenvalue weighted by molar-refractivity contribution is 7.99. The summed E-state index contributed by atoms with van der Waals surface area (Å²) >= 11 is 1.73. The Morgan fingerprint density at radius 1 is 1.20 bits per heavy atom. The first-order chi connectivity index (χ1) is 11.8. The van der Waals surface area contributed by atoms with Crippen LogP contribution in [0.3, 0.4) is 0 Å². The molecule has 0 bridgehead atoms. The molecule has 1 heterocycles. The minimum Gasteiger partial charge on any atom is -0.487 e. The molecule has 1 aromatic heterocycles. The number of carbonyl (C=O) groups is 1. The third-order valence-electron chi connectivity index (χ3n) is 3.67. The van der Waals surface area contributed by atoms with Gasteiger partial charge in [-0.1, -0.05) is 32.0 Å². The van der Waals surface area contributed by atoms with Gasteiger partial charge in [-0.25, -0.2) is 4.98 Å². The van der Waals surface area contributed by atoms with Crippen molar-refractivity contribution in [3.05, 3.63) is 53.7 Å². The van der Waals surface area contributed by atoms with Crippen LogP contribution in [0.5, 0.6) is 5.75 Å². The van der Waals surface area contributed by atoms with E-state index in [-0.39, 0.29) is 0 Å². The lowest BCUT2D eigenvalue weighted by molar-refractivity contribution is -0.146. The predicted molar refractivity (Wildman–Crippen MR) is 101 cm³/mol. The molecule has 0 aliphatic rings. The first-order valence-corrected chi connectivity index (χ1v) is 9.22. The molecular formula is C20H25NO3S. The number of aliphatic carboxylic acids is 1. The number of carboxylic acids is 1. The van der Waals surface area contributed by atoms with E-state index < -0.39 is 11.4 Å². The van der Waals surface area contributed by atoms with Gasteiger partial charge in [0.25, 0.3) is 0 Å². The molecule has 2 rings (SSSR count). The summed E-state index contributed by atoms with van der Waals surface area (Å²) < 4.78 is 5.80. The second-order valence-corrected chi connectivity index (χ2v) is 8.53. The van der Waals surface area contributed by atoms with Gasteiger partial charge in [0.15, 0.2) is 0 Å². The fraction of sp³-hybridized carbons (Fsp3) is 0.400. The van der Waals surface area contributed by atoms with Crippen molar-refractivity contribution < 1.29 is 14.6 Å². The quantitative estimate of drug-likeness (QED) is 0.685. The molecular weight excluding hydrogens is 334 g/mol. The van der Waals surface area contributed by atoms with E-state index in [0.29, 0.717) is 18.3 Å². The molecule has 0 unspecified atom stereocenters. The second kappa shape index (κ2) is 8.39. The Hall–Kier alpha value is -2.01. The Labute approximate surface area is 153 Å². The molecule has 0 aliphatic carbocycles. The highest BCUT2D eigenvalue weighted by Crippen LogP contribution is 2.24. The van der Waals surface area contributed by atoms with Crippen LogP contribution in [0.25, 0.3) is 0 Å². The van der Waals surface area contributed by atoms with E-state index in [0.717, 1.165) is 22.0 Å². The van der Waals surface area contributed by atoms with Crippen molar-refractivity contribution in [1.29, 1.82) is 0 Å². The van der Waals surface area contributed by atoms with E-state index in [4.69, 9.17) is 4.74 Å². The molecule has 134 valence electrons. The van der Waals surface area contributed by atoms with Crippen molar-refractivity contribution >= 4 is 17.7 Å². The summed E-state index contributed by atoms with van der Waals surface area (Å²) in [5, 5.41) is 10.7. The Kier molecular flexibility index (Phi) is 6.48. The Morgan fingerprint density at radius 3 is 2.48 bits per heavy atom.